The number of rotatable bonds is 4. The molecule has 1 heterocycles. The van der Waals surface area contributed by atoms with Gasteiger partial charge in [-0.2, -0.15) is 0 Å². The minimum absolute atomic E-state index is 0.0328. The zero-order valence-electron chi connectivity index (χ0n) is 10.9. The fraction of sp³-hybridized carbons (Fsp3) is 0.385. The van der Waals surface area contributed by atoms with Crippen LogP contribution >= 0.6 is 0 Å². The predicted octanol–water partition coefficient (Wildman–Crippen LogP) is 1.38. The molecular formula is C13H15FN2O3. The van der Waals surface area contributed by atoms with Crippen LogP contribution in [-0.4, -0.2) is 55.4 Å². The molecule has 0 bridgehead atoms. The third kappa shape index (κ3) is 2.67. The Morgan fingerprint density at radius 1 is 1.42 bits per heavy atom. The summed E-state index contributed by atoms with van der Waals surface area (Å²) in [6.45, 7) is 1.08. The molecule has 19 heavy (non-hydrogen) atoms. The number of ketones is 1. The molecule has 1 aromatic carbocycles. The van der Waals surface area contributed by atoms with E-state index in [-0.39, 0.29) is 29.7 Å². The summed E-state index contributed by atoms with van der Waals surface area (Å²) >= 11 is 0. The number of likely N-dealkylation sites (N-methyl/N-ethyl adjacent to an activating group) is 1. The van der Waals surface area contributed by atoms with Crippen molar-refractivity contribution < 1.29 is 18.7 Å². The van der Waals surface area contributed by atoms with E-state index in [9.17, 15) is 14.0 Å². The Morgan fingerprint density at radius 3 is 2.68 bits per heavy atom. The van der Waals surface area contributed by atoms with Gasteiger partial charge in [-0.15, -0.1) is 0 Å². The monoisotopic (exact) mass is 266 g/mol. The Balaban J connectivity index is 2.08. The van der Waals surface area contributed by atoms with Crippen LogP contribution in [0.2, 0.25) is 0 Å². The van der Waals surface area contributed by atoms with Gasteiger partial charge in [0.05, 0.1) is 13.7 Å². The number of benzene rings is 1. The number of methoxy groups -OCH3 is 1. The van der Waals surface area contributed by atoms with E-state index in [0.717, 1.165) is 6.07 Å². The van der Waals surface area contributed by atoms with Crippen LogP contribution in [0, 0.1) is 5.82 Å². The molecule has 0 atom stereocenters. The van der Waals surface area contributed by atoms with Crippen LogP contribution in [-0.2, 0) is 0 Å². The summed E-state index contributed by atoms with van der Waals surface area (Å²) in [6.07, 6.45) is 0. The third-order valence-corrected chi connectivity index (χ3v) is 3.11. The number of hydrogen-bond acceptors (Lipinski definition) is 3. The first kappa shape index (κ1) is 13.3. The van der Waals surface area contributed by atoms with E-state index in [4.69, 9.17) is 4.74 Å². The number of carbonyl (C=O) groups excluding carboxylic acids is 2. The largest absolute Gasteiger partial charge is 0.494 e. The van der Waals surface area contributed by atoms with Crippen molar-refractivity contribution in [2.24, 2.45) is 0 Å². The Labute approximate surface area is 110 Å². The van der Waals surface area contributed by atoms with Crippen LogP contribution < -0.4 is 4.74 Å². The lowest BCUT2D eigenvalue weighted by Gasteiger charge is -2.15. The number of amides is 2. The molecule has 0 N–H and O–H groups in total. The fourth-order valence-electron chi connectivity index (χ4n) is 1.95. The lowest BCUT2D eigenvalue weighted by atomic mass is 10.1. The van der Waals surface area contributed by atoms with Crippen molar-refractivity contribution in [1.82, 2.24) is 9.80 Å². The number of Topliss-reactive ketones (excluding diaryl/α,β-unsaturated/α-hetero) is 1. The minimum atomic E-state index is -0.585. The van der Waals surface area contributed by atoms with Crippen molar-refractivity contribution in [1.29, 1.82) is 0 Å². The molecule has 0 spiro atoms. The average Bonchev–Trinajstić information content (AvgIpc) is 2.70. The SMILES string of the molecule is COc1ccc(C(=O)CN2CCN(C)C2=O)cc1F. The molecule has 1 saturated heterocycles. The summed E-state index contributed by atoms with van der Waals surface area (Å²) in [6, 6.07) is 3.85. The highest BCUT2D eigenvalue weighted by atomic mass is 19.1. The zero-order valence-corrected chi connectivity index (χ0v) is 10.9. The maximum atomic E-state index is 13.5. The number of carbonyl (C=O) groups is 2. The molecule has 1 fully saturated rings. The van der Waals surface area contributed by atoms with Crippen LogP contribution in [0.3, 0.4) is 0 Å². The second-order valence-electron chi connectivity index (χ2n) is 4.40. The summed E-state index contributed by atoms with van der Waals surface area (Å²) < 4.78 is 18.3. The van der Waals surface area contributed by atoms with E-state index in [1.54, 1.807) is 11.9 Å². The summed E-state index contributed by atoms with van der Waals surface area (Å²) in [4.78, 5) is 26.6. The van der Waals surface area contributed by atoms with E-state index in [1.165, 1.54) is 24.1 Å². The van der Waals surface area contributed by atoms with Gasteiger partial charge in [0.2, 0.25) is 0 Å². The average molecular weight is 266 g/mol. The quantitative estimate of drug-likeness (QED) is 0.774. The number of halogens is 1. The summed E-state index contributed by atoms with van der Waals surface area (Å²) in [5.74, 6) is -0.781. The third-order valence-electron chi connectivity index (χ3n) is 3.11. The molecular weight excluding hydrogens is 251 g/mol. The van der Waals surface area contributed by atoms with Crippen LogP contribution in [0.25, 0.3) is 0 Å². The molecule has 1 aromatic rings. The Kier molecular flexibility index (Phi) is 3.69. The molecule has 0 aliphatic carbocycles. The van der Waals surface area contributed by atoms with Crippen LogP contribution in [0.4, 0.5) is 9.18 Å². The highest BCUT2D eigenvalue weighted by Crippen LogP contribution is 2.18. The van der Waals surface area contributed by atoms with E-state index < -0.39 is 5.82 Å². The molecule has 0 radical (unpaired) electrons. The van der Waals surface area contributed by atoms with Crippen LogP contribution in [0.1, 0.15) is 10.4 Å². The van der Waals surface area contributed by atoms with Gasteiger partial charge in [0.25, 0.3) is 0 Å². The lowest BCUT2D eigenvalue weighted by molar-refractivity contribution is 0.0951. The van der Waals surface area contributed by atoms with E-state index in [0.29, 0.717) is 13.1 Å². The van der Waals surface area contributed by atoms with Gasteiger partial charge in [-0.1, -0.05) is 0 Å². The van der Waals surface area contributed by atoms with E-state index in [2.05, 4.69) is 0 Å². The first-order valence-electron chi connectivity index (χ1n) is 5.89. The highest BCUT2D eigenvalue weighted by Gasteiger charge is 2.27. The fourth-order valence-corrected chi connectivity index (χ4v) is 1.95. The predicted molar refractivity (Wildman–Crippen MR) is 66.9 cm³/mol. The standard InChI is InChI=1S/C13H15FN2O3/c1-15-5-6-16(13(15)18)8-11(17)9-3-4-12(19-2)10(14)7-9/h3-4,7H,5-6,8H2,1-2H3. The Hall–Kier alpha value is -2.11. The van der Waals surface area contributed by atoms with Gasteiger partial charge < -0.3 is 14.5 Å². The molecule has 1 aliphatic heterocycles. The normalized spacial score (nSPS) is 15.0. The smallest absolute Gasteiger partial charge is 0.320 e. The van der Waals surface area contributed by atoms with Gasteiger partial charge in [-0.05, 0) is 18.2 Å². The molecule has 5 nitrogen and oxygen atoms in total. The maximum Gasteiger partial charge on any atom is 0.320 e. The van der Waals surface area contributed by atoms with Gasteiger partial charge in [0, 0.05) is 25.7 Å². The first-order valence-corrected chi connectivity index (χ1v) is 5.89. The van der Waals surface area contributed by atoms with Crippen molar-refractivity contribution in [3.8, 4) is 5.75 Å². The maximum absolute atomic E-state index is 13.5. The highest BCUT2D eigenvalue weighted by molar-refractivity contribution is 5.99. The first-order chi connectivity index (χ1) is 9.02. The zero-order chi connectivity index (χ0) is 14.0. The molecule has 2 rings (SSSR count). The van der Waals surface area contributed by atoms with Crippen LogP contribution in [0.15, 0.2) is 18.2 Å². The van der Waals surface area contributed by atoms with Crippen LogP contribution in [0.5, 0.6) is 5.75 Å². The number of nitrogens with zero attached hydrogens (tertiary/aromatic N) is 2. The van der Waals surface area contributed by atoms with E-state index >= 15 is 0 Å². The Bertz CT molecular complexity index is 519. The number of urea groups is 1. The number of hydrogen-bond donors (Lipinski definition) is 0. The van der Waals surface area contributed by atoms with Crippen molar-refractivity contribution in [2.75, 3.05) is 33.8 Å². The lowest BCUT2D eigenvalue weighted by Crippen LogP contribution is -2.33. The van der Waals surface area contributed by atoms with Crippen molar-refractivity contribution in [2.45, 2.75) is 0 Å². The Morgan fingerprint density at radius 2 is 2.16 bits per heavy atom. The molecule has 1 aliphatic rings. The molecule has 2 amide bonds. The molecule has 0 saturated carbocycles. The summed E-state index contributed by atoms with van der Waals surface area (Å²) in [5, 5.41) is 0. The second kappa shape index (κ2) is 5.26. The van der Waals surface area contributed by atoms with E-state index in [1.807, 2.05) is 0 Å². The second-order valence-corrected chi connectivity index (χ2v) is 4.40. The molecule has 102 valence electrons. The molecule has 6 heteroatoms. The van der Waals surface area contributed by atoms with Gasteiger partial charge in [0.1, 0.15) is 0 Å². The van der Waals surface area contributed by atoms with Gasteiger partial charge >= 0.3 is 6.03 Å². The summed E-state index contributed by atoms with van der Waals surface area (Å²) in [7, 11) is 3.04. The van der Waals surface area contributed by atoms with Crippen molar-refractivity contribution >= 4 is 11.8 Å². The van der Waals surface area contributed by atoms with Gasteiger partial charge in [-0.3, -0.25) is 4.79 Å². The summed E-state index contributed by atoms with van der Waals surface area (Å²) in [5.41, 5.74) is 0.237. The van der Waals surface area contributed by atoms with Crippen molar-refractivity contribution in [3.05, 3.63) is 29.6 Å². The van der Waals surface area contributed by atoms with Crippen molar-refractivity contribution in [3.63, 3.8) is 0 Å². The molecule has 0 unspecified atom stereocenters. The minimum Gasteiger partial charge on any atom is -0.494 e. The number of ether oxygens (including phenoxy) is 1. The van der Waals surface area contributed by atoms with Gasteiger partial charge in [0.15, 0.2) is 17.3 Å². The van der Waals surface area contributed by atoms with Gasteiger partial charge in [-0.25, -0.2) is 9.18 Å². The topological polar surface area (TPSA) is 49.9 Å². The molecule has 0 aromatic heterocycles.